The molecule has 0 aromatic heterocycles. The van der Waals surface area contributed by atoms with Gasteiger partial charge in [0.25, 0.3) is 11.8 Å². The van der Waals surface area contributed by atoms with Crippen LogP contribution in [0.1, 0.15) is 34.8 Å². The van der Waals surface area contributed by atoms with Gasteiger partial charge in [-0.3, -0.25) is 14.4 Å². The smallest absolute Gasteiger partial charge is 0.262 e. The van der Waals surface area contributed by atoms with Crippen molar-refractivity contribution in [3.63, 3.8) is 0 Å². The van der Waals surface area contributed by atoms with Gasteiger partial charge in [-0.05, 0) is 30.2 Å². The predicted molar refractivity (Wildman–Crippen MR) is 103 cm³/mol. The van der Waals surface area contributed by atoms with E-state index in [9.17, 15) is 14.4 Å². The van der Waals surface area contributed by atoms with Crippen molar-refractivity contribution in [3.8, 4) is 5.75 Å². The highest BCUT2D eigenvalue weighted by Gasteiger charge is 2.26. The number of ether oxygens (including phenoxy) is 1. The van der Waals surface area contributed by atoms with Crippen molar-refractivity contribution >= 4 is 23.4 Å². The molecule has 2 heterocycles. The fourth-order valence-electron chi connectivity index (χ4n) is 3.50. The zero-order valence-corrected chi connectivity index (χ0v) is 15.3. The lowest BCUT2D eigenvalue weighted by atomic mass is 10.1. The minimum Gasteiger partial charge on any atom is -0.482 e. The highest BCUT2D eigenvalue weighted by molar-refractivity contribution is 6.00. The second-order valence-electron chi connectivity index (χ2n) is 6.93. The molecule has 1 atom stereocenters. The van der Waals surface area contributed by atoms with Crippen LogP contribution in [0.4, 0.5) is 5.69 Å². The Bertz CT molecular complexity index is 913. The summed E-state index contributed by atoms with van der Waals surface area (Å²) in [5.74, 6) is 0.130. The van der Waals surface area contributed by atoms with Gasteiger partial charge in [-0.1, -0.05) is 30.3 Å². The van der Waals surface area contributed by atoms with E-state index in [1.807, 2.05) is 30.3 Å². The molecule has 1 saturated heterocycles. The number of rotatable bonds is 5. The van der Waals surface area contributed by atoms with Gasteiger partial charge in [-0.25, -0.2) is 0 Å². The van der Waals surface area contributed by atoms with E-state index < -0.39 is 0 Å². The monoisotopic (exact) mass is 379 g/mol. The van der Waals surface area contributed by atoms with E-state index in [4.69, 9.17) is 4.74 Å². The van der Waals surface area contributed by atoms with Gasteiger partial charge in [0.2, 0.25) is 5.91 Å². The highest BCUT2D eigenvalue weighted by atomic mass is 16.5. The average molecular weight is 379 g/mol. The number of amides is 3. The molecule has 2 aromatic carbocycles. The van der Waals surface area contributed by atoms with E-state index in [0.717, 1.165) is 12.0 Å². The summed E-state index contributed by atoms with van der Waals surface area (Å²) >= 11 is 0. The first-order valence-corrected chi connectivity index (χ1v) is 9.30. The maximum Gasteiger partial charge on any atom is 0.262 e. The van der Waals surface area contributed by atoms with E-state index in [-0.39, 0.29) is 30.4 Å². The van der Waals surface area contributed by atoms with E-state index >= 15 is 0 Å². The predicted octanol–water partition coefficient (Wildman–Crippen LogP) is 2.11. The topological polar surface area (TPSA) is 87.7 Å². The first-order chi connectivity index (χ1) is 13.6. The van der Waals surface area contributed by atoms with E-state index in [2.05, 4.69) is 10.6 Å². The normalized spacial score (nSPS) is 16.8. The zero-order valence-electron chi connectivity index (χ0n) is 15.3. The fourth-order valence-corrected chi connectivity index (χ4v) is 3.50. The van der Waals surface area contributed by atoms with Crippen molar-refractivity contribution in [1.82, 2.24) is 10.2 Å². The Balaban J connectivity index is 1.54. The van der Waals surface area contributed by atoms with Gasteiger partial charge in [0.15, 0.2) is 6.61 Å². The van der Waals surface area contributed by atoms with Gasteiger partial charge in [0.05, 0.1) is 11.7 Å². The van der Waals surface area contributed by atoms with Crippen LogP contribution in [0.25, 0.3) is 0 Å². The molecule has 2 aliphatic heterocycles. The van der Waals surface area contributed by atoms with Gasteiger partial charge < -0.3 is 20.3 Å². The molecule has 0 spiro atoms. The van der Waals surface area contributed by atoms with Crippen LogP contribution in [0.3, 0.4) is 0 Å². The SMILES string of the molecule is O=C1COc2ccc(C(=O)NC(CN3CCCC3=O)c3ccccc3)cc2N1. The van der Waals surface area contributed by atoms with Crippen LogP contribution in [-0.2, 0) is 9.59 Å². The minimum absolute atomic E-state index is 0.0293. The molecule has 4 rings (SSSR count). The van der Waals surface area contributed by atoms with Crippen molar-refractivity contribution in [2.45, 2.75) is 18.9 Å². The van der Waals surface area contributed by atoms with E-state index in [1.165, 1.54) is 0 Å². The Labute approximate surface area is 162 Å². The van der Waals surface area contributed by atoms with Gasteiger partial charge in [0, 0.05) is 25.1 Å². The van der Waals surface area contributed by atoms with Crippen molar-refractivity contribution in [1.29, 1.82) is 0 Å². The van der Waals surface area contributed by atoms with E-state index in [1.54, 1.807) is 23.1 Å². The molecule has 2 aromatic rings. The first-order valence-electron chi connectivity index (χ1n) is 9.30. The summed E-state index contributed by atoms with van der Waals surface area (Å²) in [5.41, 5.74) is 1.83. The van der Waals surface area contributed by atoms with Crippen LogP contribution in [0.15, 0.2) is 48.5 Å². The Morgan fingerprint density at radius 1 is 1.18 bits per heavy atom. The number of likely N-dealkylation sites (tertiary alicyclic amines) is 1. The summed E-state index contributed by atoms with van der Waals surface area (Å²) in [5, 5.41) is 5.74. The van der Waals surface area contributed by atoms with Gasteiger partial charge in [-0.15, -0.1) is 0 Å². The lowest BCUT2D eigenvalue weighted by Gasteiger charge is -2.25. The Morgan fingerprint density at radius 3 is 2.75 bits per heavy atom. The molecule has 2 N–H and O–H groups in total. The van der Waals surface area contributed by atoms with Crippen molar-refractivity contribution in [3.05, 3.63) is 59.7 Å². The van der Waals surface area contributed by atoms with Crippen LogP contribution in [0.2, 0.25) is 0 Å². The largest absolute Gasteiger partial charge is 0.482 e. The summed E-state index contributed by atoms with van der Waals surface area (Å²) in [7, 11) is 0. The van der Waals surface area contributed by atoms with Crippen molar-refractivity contribution in [2.75, 3.05) is 25.0 Å². The third kappa shape index (κ3) is 3.83. The molecule has 7 nitrogen and oxygen atoms in total. The summed E-state index contributed by atoms with van der Waals surface area (Å²) in [4.78, 5) is 38.2. The number of hydrogen-bond donors (Lipinski definition) is 2. The number of hydrogen-bond acceptors (Lipinski definition) is 4. The van der Waals surface area contributed by atoms with Crippen LogP contribution in [0, 0.1) is 0 Å². The van der Waals surface area contributed by atoms with E-state index in [0.29, 0.717) is 36.5 Å². The summed E-state index contributed by atoms with van der Waals surface area (Å²) in [6.07, 6.45) is 1.40. The summed E-state index contributed by atoms with van der Waals surface area (Å²) in [6.45, 7) is 1.11. The average Bonchev–Trinajstić information content (AvgIpc) is 3.12. The molecule has 28 heavy (non-hydrogen) atoms. The molecule has 7 heteroatoms. The maximum absolute atomic E-state index is 12.9. The Kier molecular flexibility index (Phi) is 4.97. The zero-order chi connectivity index (χ0) is 19.5. The number of benzene rings is 2. The number of fused-ring (bicyclic) bond motifs is 1. The molecule has 144 valence electrons. The van der Waals surface area contributed by atoms with Crippen LogP contribution in [0.5, 0.6) is 5.75 Å². The highest BCUT2D eigenvalue weighted by Crippen LogP contribution is 2.29. The quantitative estimate of drug-likeness (QED) is 0.833. The third-order valence-electron chi connectivity index (χ3n) is 4.96. The van der Waals surface area contributed by atoms with Gasteiger partial charge in [-0.2, -0.15) is 0 Å². The standard InChI is InChI=1S/C21H21N3O4/c25-19-13-28-18-9-8-15(11-16(18)22-19)21(27)23-17(14-5-2-1-3-6-14)12-24-10-4-7-20(24)26/h1-3,5-6,8-9,11,17H,4,7,10,12-13H2,(H,22,25)(H,23,27). The lowest BCUT2D eigenvalue weighted by molar-refractivity contribution is -0.128. The second kappa shape index (κ2) is 7.72. The van der Waals surface area contributed by atoms with Gasteiger partial charge >= 0.3 is 0 Å². The first kappa shape index (κ1) is 18.0. The Hall–Kier alpha value is -3.35. The number of anilines is 1. The number of carbonyl (C=O) groups excluding carboxylic acids is 3. The lowest BCUT2D eigenvalue weighted by Crippen LogP contribution is -2.38. The minimum atomic E-state index is -0.322. The number of nitrogens with zero attached hydrogens (tertiary/aromatic N) is 1. The van der Waals surface area contributed by atoms with Crippen LogP contribution in [-0.4, -0.2) is 42.3 Å². The third-order valence-corrected chi connectivity index (χ3v) is 4.96. The molecule has 1 unspecified atom stereocenters. The molecular weight excluding hydrogens is 358 g/mol. The molecule has 0 aliphatic carbocycles. The molecule has 0 saturated carbocycles. The van der Waals surface area contributed by atoms with Crippen molar-refractivity contribution < 1.29 is 19.1 Å². The second-order valence-corrected chi connectivity index (χ2v) is 6.93. The fraction of sp³-hybridized carbons (Fsp3) is 0.286. The van der Waals surface area contributed by atoms with Crippen molar-refractivity contribution in [2.24, 2.45) is 0 Å². The van der Waals surface area contributed by atoms with Gasteiger partial charge in [0.1, 0.15) is 5.75 Å². The maximum atomic E-state index is 12.9. The molecule has 1 fully saturated rings. The summed E-state index contributed by atoms with van der Waals surface area (Å²) < 4.78 is 5.33. The van der Waals surface area contributed by atoms with Crippen LogP contribution >= 0.6 is 0 Å². The van der Waals surface area contributed by atoms with Crippen LogP contribution < -0.4 is 15.4 Å². The Morgan fingerprint density at radius 2 is 2.00 bits per heavy atom. The molecule has 0 radical (unpaired) electrons. The number of carbonyl (C=O) groups is 3. The number of nitrogens with one attached hydrogen (secondary N) is 2. The summed E-state index contributed by atoms with van der Waals surface area (Å²) in [6, 6.07) is 14.2. The molecule has 3 amide bonds. The molecular formula is C21H21N3O4. The molecule has 2 aliphatic rings. The molecule has 0 bridgehead atoms.